The van der Waals surface area contributed by atoms with Crippen molar-refractivity contribution in [3.8, 4) is 11.5 Å². The van der Waals surface area contributed by atoms with Gasteiger partial charge in [-0.1, -0.05) is 0 Å². The van der Waals surface area contributed by atoms with E-state index >= 15 is 0 Å². The van der Waals surface area contributed by atoms with Crippen LogP contribution in [-0.2, 0) is 19.1 Å². The van der Waals surface area contributed by atoms with E-state index in [0.717, 1.165) is 0 Å². The molecular formula is C28H33N3O7. The van der Waals surface area contributed by atoms with E-state index in [9.17, 15) is 19.5 Å². The zero-order valence-corrected chi connectivity index (χ0v) is 21.5. The van der Waals surface area contributed by atoms with Crippen molar-refractivity contribution in [2.45, 2.75) is 43.9 Å². The Morgan fingerprint density at radius 3 is 2.29 bits per heavy atom. The van der Waals surface area contributed by atoms with E-state index in [-0.39, 0.29) is 30.9 Å². The fourth-order valence-corrected chi connectivity index (χ4v) is 6.15. The van der Waals surface area contributed by atoms with E-state index in [4.69, 9.17) is 14.2 Å². The molecule has 3 amide bonds. The molecule has 5 atom stereocenters. The number of amides is 3. The van der Waals surface area contributed by atoms with E-state index in [0.29, 0.717) is 48.7 Å². The third kappa shape index (κ3) is 4.48. The lowest BCUT2D eigenvalue weighted by Gasteiger charge is -2.33. The molecule has 3 heterocycles. The van der Waals surface area contributed by atoms with Crippen molar-refractivity contribution < 1.29 is 33.7 Å². The maximum atomic E-state index is 13.8. The van der Waals surface area contributed by atoms with Crippen LogP contribution in [0.15, 0.2) is 48.5 Å². The highest BCUT2D eigenvalue weighted by atomic mass is 16.5. The molecule has 38 heavy (non-hydrogen) atoms. The van der Waals surface area contributed by atoms with Crippen LogP contribution in [0.1, 0.15) is 26.2 Å². The van der Waals surface area contributed by atoms with Crippen LogP contribution >= 0.6 is 0 Å². The summed E-state index contributed by atoms with van der Waals surface area (Å²) in [6.45, 7) is 2.50. The molecule has 202 valence electrons. The highest BCUT2D eigenvalue weighted by Gasteiger charge is 2.74. The number of methoxy groups -OCH3 is 1. The molecule has 0 aromatic heterocycles. The van der Waals surface area contributed by atoms with Crippen molar-refractivity contribution in [2.24, 2.45) is 11.8 Å². The van der Waals surface area contributed by atoms with Gasteiger partial charge in [-0.2, -0.15) is 0 Å². The second-order valence-electron chi connectivity index (χ2n) is 9.83. The number of hydrogen-bond donors (Lipinski definition) is 3. The second kappa shape index (κ2) is 10.6. The highest BCUT2D eigenvalue weighted by Crippen LogP contribution is 2.58. The molecule has 2 unspecified atom stereocenters. The second-order valence-corrected chi connectivity index (χ2v) is 9.83. The van der Waals surface area contributed by atoms with Crippen molar-refractivity contribution >= 4 is 29.1 Å². The number of nitrogens with one attached hydrogen (secondary N) is 2. The first kappa shape index (κ1) is 26.0. The van der Waals surface area contributed by atoms with Gasteiger partial charge in [-0.25, -0.2) is 0 Å². The van der Waals surface area contributed by atoms with E-state index < -0.39 is 29.6 Å². The lowest BCUT2D eigenvalue weighted by Crippen LogP contribution is -2.53. The molecule has 1 spiro atoms. The molecule has 2 aromatic rings. The van der Waals surface area contributed by atoms with Crippen molar-refractivity contribution in [3.63, 3.8) is 0 Å². The van der Waals surface area contributed by atoms with Crippen molar-refractivity contribution in [1.29, 1.82) is 0 Å². The molecule has 10 heteroatoms. The van der Waals surface area contributed by atoms with Crippen LogP contribution < -0.4 is 20.1 Å². The van der Waals surface area contributed by atoms with Crippen molar-refractivity contribution in [1.82, 2.24) is 4.90 Å². The number of hydrogen-bond acceptors (Lipinski definition) is 7. The van der Waals surface area contributed by atoms with Crippen LogP contribution in [0.2, 0.25) is 0 Å². The molecule has 0 radical (unpaired) electrons. The van der Waals surface area contributed by atoms with Crippen molar-refractivity contribution in [2.75, 3.05) is 37.5 Å². The van der Waals surface area contributed by atoms with Gasteiger partial charge in [0.25, 0.3) is 0 Å². The van der Waals surface area contributed by atoms with Gasteiger partial charge in [-0.15, -0.1) is 0 Å². The van der Waals surface area contributed by atoms with E-state index in [1.165, 1.54) is 4.90 Å². The summed E-state index contributed by atoms with van der Waals surface area (Å²) in [4.78, 5) is 42.4. The predicted molar refractivity (Wildman–Crippen MR) is 139 cm³/mol. The summed E-state index contributed by atoms with van der Waals surface area (Å²) in [5.74, 6) is -1.13. The maximum Gasteiger partial charge on any atom is 0.250 e. The standard InChI is InChI=1S/C28H33N3O7/c1-3-37-20-11-7-17(8-12-20)29-25(33)22-21-13-14-28(38-21)23(22)27(35)31(15-4-16-32)24(28)26(34)30-18-5-9-19(36-2)10-6-18/h5-12,21-24,32H,3-4,13-16H2,1-2H3,(H,29,33)(H,30,34)/t21-,22+,23+,24?,28?/m1/s1. The first-order chi connectivity index (χ1) is 18.4. The smallest absolute Gasteiger partial charge is 0.250 e. The summed E-state index contributed by atoms with van der Waals surface area (Å²) in [6, 6.07) is 13.1. The Morgan fingerprint density at radius 1 is 1.05 bits per heavy atom. The molecular weight excluding hydrogens is 490 g/mol. The van der Waals surface area contributed by atoms with Crippen molar-refractivity contribution in [3.05, 3.63) is 48.5 Å². The zero-order valence-electron chi connectivity index (χ0n) is 21.5. The van der Waals surface area contributed by atoms with E-state index in [2.05, 4.69) is 10.6 Å². The molecule has 5 rings (SSSR count). The van der Waals surface area contributed by atoms with Crippen LogP contribution in [0, 0.1) is 11.8 Å². The number of nitrogens with zero attached hydrogens (tertiary/aromatic N) is 1. The van der Waals surface area contributed by atoms with Crippen LogP contribution in [0.4, 0.5) is 11.4 Å². The largest absolute Gasteiger partial charge is 0.497 e. The van der Waals surface area contributed by atoms with Crippen LogP contribution in [0.5, 0.6) is 11.5 Å². The third-order valence-corrected chi connectivity index (χ3v) is 7.70. The summed E-state index contributed by atoms with van der Waals surface area (Å²) in [5, 5.41) is 15.3. The number of aliphatic hydroxyl groups is 1. The Bertz CT molecular complexity index is 1190. The number of fused-ring (bicyclic) bond motifs is 1. The Balaban J connectivity index is 1.39. The van der Waals surface area contributed by atoms with E-state index in [1.54, 1.807) is 55.6 Å². The van der Waals surface area contributed by atoms with Gasteiger partial charge in [0.05, 0.1) is 31.7 Å². The monoisotopic (exact) mass is 523 g/mol. The summed E-state index contributed by atoms with van der Waals surface area (Å²) >= 11 is 0. The minimum absolute atomic E-state index is 0.126. The summed E-state index contributed by atoms with van der Waals surface area (Å²) in [6.07, 6.45) is 0.929. The van der Waals surface area contributed by atoms with Gasteiger partial charge in [0, 0.05) is 24.5 Å². The van der Waals surface area contributed by atoms with Gasteiger partial charge in [-0.3, -0.25) is 14.4 Å². The number of likely N-dealkylation sites (tertiary alicyclic amines) is 1. The molecule has 0 aliphatic carbocycles. The lowest BCUT2D eigenvalue weighted by atomic mass is 9.70. The number of rotatable bonds is 10. The minimum Gasteiger partial charge on any atom is -0.497 e. The fourth-order valence-electron chi connectivity index (χ4n) is 6.15. The van der Waals surface area contributed by atoms with E-state index in [1.807, 2.05) is 6.92 Å². The molecule has 3 aliphatic rings. The molecule has 3 N–H and O–H groups in total. The van der Waals surface area contributed by atoms with Gasteiger partial charge in [0.15, 0.2) is 0 Å². The molecule has 0 saturated carbocycles. The van der Waals surface area contributed by atoms with Crippen LogP contribution in [0.3, 0.4) is 0 Å². The molecule has 10 nitrogen and oxygen atoms in total. The average molecular weight is 524 g/mol. The zero-order chi connectivity index (χ0) is 26.9. The SMILES string of the molecule is CCOc1ccc(NC(=O)[C@@H]2[C@H]3C(=O)N(CCCO)C(C(=O)Nc4ccc(OC)cc4)C34CC[C@H]2O4)cc1. The maximum absolute atomic E-state index is 13.8. The molecule has 3 fully saturated rings. The predicted octanol–water partition coefficient (Wildman–Crippen LogP) is 2.43. The number of aliphatic hydroxyl groups excluding tert-OH is 1. The highest BCUT2D eigenvalue weighted by molar-refractivity contribution is 6.05. The van der Waals surface area contributed by atoms with Crippen LogP contribution in [0.25, 0.3) is 0 Å². The Labute approximate surface area is 221 Å². The Kier molecular flexibility index (Phi) is 7.27. The summed E-state index contributed by atoms with van der Waals surface area (Å²) in [7, 11) is 1.56. The molecule has 3 aliphatic heterocycles. The fraction of sp³-hybridized carbons (Fsp3) is 0.464. The van der Waals surface area contributed by atoms with Gasteiger partial charge in [-0.05, 0) is 74.7 Å². The summed E-state index contributed by atoms with van der Waals surface area (Å²) in [5.41, 5.74) is 0.0448. The quantitative estimate of drug-likeness (QED) is 0.437. The molecule has 2 bridgehead atoms. The number of carbonyl (C=O) groups is 3. The first-order valence-electron chi connectivity index (χ1n) is 13.0. The summed E-state index contributed by atoms with van der Waals surface area (Å²) < 4.78 is 17.1. The van der Waals surface area contributed by atoms with Gasteiger partial charge >= 0.3 is 0 Å². The minimum atomic E-state index is -1.10. The topological polar surface area (TPSA) is 126 Å². The first-order valence-corrected chi connectivity index (χ1v) is 13.0. The number of anilines is 2. The van der Waals surface area contributed by atoms with Gasteiger partial charge in [0.2, 0.25) is 17.7 Å². The lowest BCUT2D eigenvalue weighted by molar-refractivity contribution is -0.139. The number of ether oxygens (including phenoxy) is 3. The molecule has 2 aromatic carbocycles. The van der Waals surface area contributed by atoms with Crippen LogP contribution in [-0.4, -0.2) is 72.3 Å². The average Bonchev–Trinajstić information content (AvgIpc) is 3.56. The van der Waals surface area contributed by atoms with Gasteiger partial charge < -0.3 is 34.9 Å². The molecule has 3 saturated heterocycles. The Morgan fingerprint density at radius 2 is 1.68 bits per heavy atom. The Hall–Kier alpha value is -3.63. The normalized spacial score (nSPS) is 27.2. The third-order valence-electron chi connectivity index (χ3n) is 7.70. The van der Waals surface area contributed by atoms with Gasteiger partial charge in [0.1, 0.15) is 23.1 Å². The number of benzene rings is 2. The number of carbonyl (C=O) groups excluding carboxylic acids is 3.